The number of piperidine rings is 1. The summed E-state index contributed by atoms with van der Waals surface area (Å²) in [5.74, 6) is 1.84. The van der Waals surface area contributed by atoms with Gasteiger partial charge in [0.2, 0.25) is 0 Å². The van der Waals surface area contributed by atoms with Crippen LogP contribution in [0.5, 0.6) is 0 Å². The molecule has 1 nitrogen and oxygen atoms in total. The molecule has 1 fully saturated rings. The molecule has 0 aliphatic carbocycles. The van der Waals surface area contributed by atoms with E-state index in [1.807, 2.05) is 20.3 Å². The molecule has 1 heterocycles. The van der Waals surface area contributed by atoms with Crippen molar-refractivity contribution in [1.29, 1.82) is 0 Å². The van der Waals surface area contributed by atoms with Crippen LogP contribution in [-0.2, 0) is 32.7 Å². The van der Waals surface area contributed by atoms with E-state index >= 15 is 0 Å². The summed E-state index contributed by atoms with van der Waals surface area (Å²) in [6.07, 6.45) is 4.66. The minimum absolute atomic E-state index is 0. The molecule has 0 N–H and O–H groups in total. The average molecular weight is 258 g/mol. The Morgan fingerprint density at radius 3 is 1.77 bits per heavy atom. The first-order chi connectivity index (χ1) is 5.72. The first-order valence-electron chi connectivity index (χ1n) is 5.09. The Bertz CT molecular complexity index is 88.1. The molecule has 0 aromatic rings. The maximum Gasteiger partial charge on any atom is 0 e. The maximum atomic E-state index is 4.31. The fourth-order valence-electron chi connectivity index (χ4n) is 1.44. The minimum Gasteiger partial charge on any atom is -0.662 e. The van der Waals surface area contributed by atoms with Gasteiger partial charge in [-0.05, 0) is 11.8 Å². The van der Waals surface area contributed by atoms with Gasteiger partial charge in [-0.15, -0.1) is 13.1 Å². The van der Waals surface area contributed by atoms with Crippen molar-refractivity contribution in [3.63, 3.8) is 0 Å². The summed E-state index contributed by atoms with van der Waals surface area (Å²) in [5, 5.41) is 4.31. The van der Waals surface area contributed by atoms with E-state index in [-0.39, 0.29) is 32.7 Å². The van der Waals surface area contributed by atoms with Crippen LogP contribution in [0.2, 0.25) is 0 Å². The molecule has 0 spiro atoms. The molecule has 0 amide bonds. The van der Waals surface area contributed by atoms with E-state index < -0.39 is 0 Å². The molecule has 0 aromatic carbocycles. The Morgan fingerprint density at radius 2 is 1.54 bits per heavy atom. The Kier molecular flexibility index (Phi) is 14.1. The van der Waals surface area contributed by atoms with Gasteiger partial charge in [-0.2, -0.15) is 13.8 Å². The largest absolute Gasteiger partial charge is 0.662 e. The molecule has 0 atom stereocenters. The average Bonchev–Trinajstić information content (AvgIpc) is 2.07. The molecule has 0 aromatic heterocycles. The second-order valence-electron chi connectivity index (χ2n) is 3.83. The Labute approximate surface area is 109 Å². The number of nitrogens with zero attached hydrogens (tertiary/aromatic N) is 1. The quantitative estimate of drug-likeness (QED) is 0.637. The van der Waals surface area contributed by atoms with E-state index in [4.69, 9.17) is 0 Å². The van der Waals surface area contributed by atoms with Crippen molar-refractivity contribution >= 4 is 0 Å². The summed E-state index contributed by atoms with van der Waals surface area (Å²) in [5.41, 5.74) is 0. The topological polar surface area (TPSA) is 14.1 Å². The van der Waals surface area contributed by atoms with Crippen molar-refractivity contribution < 1.29 is 32.7 Å². The molecule has 0 bridgehead atoms. The van der Waals surface area contributed by atoms with Crippen molar-refractivity contribution in [1.82, 2.24) is 0 Å². The molecule has 1 saturated heterocycles. The molecular weight excluding hydrogens is 235 g/mol. The molecule has 1 rings (SSSR count). The Balaban J connectivity index is 0. The summed E-state index contributed by atoms with van der Waals surface area (Å²) in [6, 6.07) is 0. The number of hydrogen-bond donors (Lipinski definition) is 0. The predicted octanol–water partition coefficient (Wildman–Crippen LogP) is 3.65. The van der Waals surface area contributed by atoms with Gasteiger partial charge in [-0.3, -0.25) is 0 Å². The van der Waals surface area contributed by atoms with Gasteiger partial charge in [-0.25, -0.2) is 0 Å². The molecule has 13 heavy (non-hydrogen) atoms. The summed E-state index contributed by atoms with van der Waals surface area (Å²) in [7, 11) is 0. The van der Waals surface area contributed by atoms with Crippen LogP contribution >= 0.6 is 0 Å². The van der Waals surface area contributed by atoms with Gasteiger partial charge in [0.15, 0.2) is 0 Å². The van der Waals surface area contributed by atoms with Crippen LogP contribution in [0.4, 0.5) is 0 Å². The van der Waals surface area contributed by atoms with E-state index in [0.29, 0.717) is 0 Å². The molecule has 2 heteroatoms. The van der Waals surface area contributed by atoms with E-state index in [9.17, 15) is 0 Å². The monoisotopic (exact) mass is 258 g/mol. The molecule has 1 radical (unpaired) electrons. The van der Waals surface area contributed by atoms with Gasteiger partial charge < -0.3 is 11.7 Å². The van der Waals surface area contributed by atoms with Crippen LogP contribution in [0.25, 0.3) is 5.32 Å². The van der Waals surface area contributed by atoms with Crippen LogP contribution in [0.1, 0.15) is 40.5 Å². The molecule has 0 unspecified atom stereocenters. The van der Waals surface area contributed by atoms with E-state index in [1.165, 1.54) is 12.8 Å². The zero-order chi connectivity index (χ0) is 9.40. The fourth-order valence-corrected chi connectivity index (χ4v) is 1.44. The number of hydrogen-bond acceptors (Lipinski definition) is 0. The smallest absolute Gasteiger partial charge is 0 e. The van der Waals surface area contributed by atoms with Crippen molar-refractivity contribution in [2.75, 3.05) is 13.1 Å². The van der Waals surface area contributed by atoms with Crippen molar-refractivity contribution in [2.45, 2.75) is 40.5 Å². The molecule has 1 aliphatic rings. The van der Waals surface area contributed by atoms with Gasteiger partial charge in [0, 0.05) is 32.7 Å². The molecular formula is C11H23NY-2. The van der Waals surface area contributed by atoms with E-state index in [1.54, 1.807) is 0 Å². The number of rotatable bonds is 1. The third kappa shape index (κ3) is 9.37. The molecule has 0 saturated carbocycles. The summed E-state index contributed by atoms with van der Waals surface area (Å²) >= 11 is 0. The Hall–Kier alpha value is 1.06. The van der Waals surface area contributed by atoms with Crippen LogP contribution in [0.15, 0.2) is 0 Å². The maximum absolute atomic E-state index is 4.31. The first kappa shape index (κ1) is 16.5. The first-order valence-corrected chi connectivity index (χ1v) is 5.09. The standard InChI is InChI=1S/C8H16N.C3H7.Y/c1-7(2)8-3-5-9-6-4-8;1-3-2;/h7-8H,3-6H2,1-2H3;3H,1-2H3;/q2*-1;. The second kappa shape index (κ2) is 11.1. The van der Waals surface area contributed by atoms with Crippen LogP contribution in [-0.4, -0.2) is 13.1 Å². The summed E-state index contributed by atoms with van der Waals surface area (Å²) in [4.78, 5) is 0. The van der Waals surface area contributed by atoms with Crippen molar-refractivity contribution in [3.8, 4) is 0 Å². The predicted molar refractivity (Wildman–Crippen MR) is 56.3 cm³/mol. The second-order valence-corrected chi connectivity index (χ2v) is 3.83. The zero-order valence-electron chi connectivity index (χ0n) is 9.59. The van der Waals surface area contributed by atoms with Gasteiger partial charge in [0.1, 0.15) is 0 Å². The minimum atomic E-state index is 0. The van der Waals surface area contributed by atoms with Gasteiger partial charge in [-0.1, -0.05) is 26.7 Å². The SMILES string of the molecule is CC(C)C1CC[N-]CC1.C[CH-]C.[Y]. The van der Waals surface area contributed by atoms with Gasteiger partial charge >= 0.3 is 0 Å². The fraction of sp³-hybridized carbons (Fsp3) is 0.909. The molecule has 1 aliphatic heterocycles. The van der Waals surface area contributed by atoms with Gasteiger partial charge in [0.25, 0.3) is 0 Å². The Morgan fingerprint density at radius 1 is 1.15 bits per heavy atom. The van der Waals surface area contributed by atoms with Crippen molar-refractivity contribution in [3.05, 3.63) is 11.7 Å². The van der Waals surface area contributed by atoms with Gasteiger partial charge in [0.05, 0.1) is 0 Å². The van der Waals surface area contributed by atoms with E-state index in [2.05, 4.69) is 19.2 Å². The third-order valence-electron chi connectivity index (χ3n) is 2.26. The summed E-state index contributed by atoms with van der Waals surface area (Å²) in [6.45, 7) is 10.9. The zero-order valence-corrected chi connectivity index (χ0v) is 12.4. The van der Waals surface area contributed by atoms with Crippen LogP contribution in [0, 0.1) is 18.3 Å². The normalized spacial score (nSPS) is 17.3. The van der Waals surface area contributed by atoms with Crippen LogP contribution in [0.3, 0.4) is 0 Å². The van der Waals surface area contributed by atoms with Crippen LogP contribution < -0.4 is 0 Å². The summed E-state index contributed by atoms with van der Waals surface area (Å²) < 4.78 is 0. The van der Waals surface area contributed by atoms with Crippen molar-refractivity contribution in [2.24, 2.45) is 11.8 Å². The molecule has 77 valence electrons. The third-order valence-corrected chi connectivity index (χ3v) is 2.26. The van der Waals surface area contributed by atoms with E-state index in [0.717, 1.165) is 24.9 Å².